The Balaban J connectivity index is 1.77. The van der Waals surface area contributed by atoms with Crippen molar-refractivity contribution < 1.29 is 9.53 Å². The smallest absolute Gasteiger partial charge is 0.308 e. The first-order valence-electron chi connectivity index (χ1n) is 8.96. The third-order valence-corrected chi connectivity index (χ3v) is 5.33. The number of ether oxygens (including phenoxy) is 1. The van der Waals surface area contributed by atoms with Gasteiger partial charge in [0, 0.05) is 11.7 Å². The SMILES string of the molecule is Cc1ccc(C)c(O[C@@H](C)C(=O)Nc2ccc3c(c2)sc(=O)n3C(C)C)c1. The lowest BCUT2D eigenvalue weighted by molar-refractivity contribution is -0.122. The highest BCUT2D eigenvalue weighted by atomic mass is 32.1. The fourth-order valence-electron chi connectivity index (χ4n) is 2.93. The van der Waals surface area contributed by atoms with Crippen LogP contribution in [-0.2, 0) is 4.79 Å². The van der Waals surface area contributed by atoms with E-state index in [1.165, 1.54) is 11.3 Å². The quantitative estimate of drug-likeness (QED) is 0.695. The Bertz CT molecular complexity index is 1050. The number of nitrogens with zero attached hydrogens (tertiary/aromatic N) is 1. The van der Waals surface area contributed by atoms with Gasteiger partial charge in [0.25, 0.3) is 5.91 Å². The second-order valence-corrected chi connectivity index (χ2v) is 8.03. The van der Waals surface area contributed by atoms with Gasteiger partial charge in [-0.05, 0) is 70.0 Å². The lowest BCUT2D eigenvalue weighted by atomic mass is 10.1. The number of hydrogen-bond donors (Lipinski definition) is 1. The summed E-state index contributed by atoms with van der Waals surface area (Å²) < 4.78 is 8.46. The van der Waals surface area contributed by atoms with Crippen LogP contribution in [0.15, 0.2) is 41.2 Å². The third-order valence-electron chi connectivity index (χ3n) is 4.41. The van der Waals surface area contributed by atoms with Crippen molar-refractivity contribution >= 4 is 33.1 Å². The standard InChI is InChI=1S/C21H24N2O3S/c1-12(2)23-17-9-8-16(11-19(17)27-21(23)25)22-20(24)15(5)26-18-10-13(3)6-7-14(18)4/h6-12,15H,1-5H3,(H,22,24)/t15-/m0/s1. The monoisotopic (exact) mass is 384 g/mol. The largest absolute Gasteiger partial charge is 0.481 e. The molecule has 0 bridgehead atoms. The zero-order valence-electron chi connectivity index (χ0n) is 16.2. The second kappa shape index (κ2) is 7.56. The number of nitrogens with one attached hydrogen (secondary N) is 1. The van der Waals surface area contributed by atoms with E-state index >= 15 is 0 Å². The third kappa shape index (κ3) is 4.06. The van der Waals surface area contributed by atoms with Crippen molar-refractivity contribution in [2.75, 3.05) is 5.32 Å². The van der Waals surface area contributed by atoms with Crippen LogP contribution < -0.4 is 14.9 Å². The van der Waals surface area contributed by atoms with Crippen molar-refractivity contribution in [3.8, 4) is 5.75 Å². The molecular formula is C21H24N2O3S. The number of aromatic nitrogens is 1. The maximum Gasteiger partial charge on any atom is 0.308 e. The summed E-state index contributed by atoms with van der Waals surface area (Å²) in [6.07, 6.45) is -0.639. The van der Waals surface area contributed by atoms with Crippen LogP contribution in [0.5, 0.6) is 5.75 Å². The molecule has 0 saturated heterocycles. The number of benzene rings is 2. The van der Waals surface area contributed by atoms with E-state index in [0.29, 0.717) is 11.4 Å². The Morgan fingerprint density at radius 1 is 1.11 bits per heavy atom. The highest BCUT2D eigenvalue weighted by molar-refractivity contribution is 7.16. The van der Waals surface area contributed by atoms with Crippen LogP contribution in [0.2, 0.25) is 0 Å². The van der Waals surface area contributed by atoms with Gasteiger partial charge in [0.1, 0.15) is 5.75 Å². The zero-order valence-corrected chi connectivity index (χ0v) is 17.0. The molecule has 27 heavy (non-hydrogen) atoms. The van der Waals surface area contributed by atoms with E-state index in [2.05, 4.69) is 5.32 Å². The minimum Gasteiger partial charge on any atom is -0.481 e. The lowest BCUT2D eigenvalue weighted by Crippen LogP contribution is -2.30. The number of thiazole rings is 1. The van der Waals surface area contributed by atoms with Crippen LogP contribution in [0.1, 0.15) is 37.9 Å². The minimum atomic E-state index is -0.639. The van der Waals surface area contributed by atoms with Crippen LogP contribution >= 0.6 is 11.3 Å². The normalized spacial score (nSPS) is 12.4. The number of anilines is 1. The molecule has 0 saturated carbocycles. The molecule has 6 heteroatoms. The van der Waals surface area contributed by atoms with Crippen LogP contribution in [0.3, 0.4) is 0 Å². The van der Waals surface area contributed by atoms with Gasteiger partial charge in [0.05, 0.1) is 10.2 Å². The summed E-state index contributed by atoms with van der Waals surface area (Å²) in [4.78, 5) is 24.7. The van der Waals surface area contributed by atoms with Gasteiger partial charge in [-0.25, -0.2) is 0 Å². The van der Waals surface area contributed by atoms with E-state index < -0.39 is 6.10 Å². The van der Waals surface area contributed by atoms with Crippen molar-refractivity contribution in [2.45, 2.75) is 46.8 Å². The molecule has 1 heterocycles. The van der Waals surface area contributed by atoms with Crippen molar-refractivity contribution in [1.29, 1.82) is 0 Å². The maximum atomic E-state index is 12.5. The first-order chi connectivity index (χ1) is 12.8. The Kier molecular flexibility index (Phi) is 5.37. The molecule has 142 valence electrons. The summed E-state index contributed by atoms with van der Waals surface area (Å²) in [6, 6.07) is 11.5. The topological polar surface area (TPSA) is 60.3 Å². The van der Waals surface area contributed by atoms with Crippen LogP contribution in [0.4, 0.5) is 5.69 Å². The van der Waals surface area contributed by atoms with Crippen molar-refractivity contribution in [3.05, 3.63) is 57.2 Å². The number of carbonyl (C=O) groups is 1. The molecule has 3 rings (SSSR count). The fourth-order valence-corrected chi connectivity index (χ4v) is 3.98. The Morgan fingerprint density at radius 3 is 2.56 bits per heavy atom. The molecule has 1 N–H and O–H groups in total. The van der Waals surface area contributed by atoms with E-state index in [0.717, 1.165) is 21.3 Å². The molecule has 3 aromatic rings. The number of amides is 1. The number of aryl methyl sites for hydroxylation is 2. The molecule has 5 nitrogen and oxygen atoms in total. The summed E-state index contributed by atoms with van der Waals surface area (Å²) in [5.74, 6) is 0.478. The van der Waals surface area contributed by atoms with Crippen LogP contribution in [0.25, 0.3) is 10.2 Å². The molecule has 2 aromatic carbocycles. The van der Waals surface area contributed by atoms with Gasteiger partial charge >= 0.3 is 4.87 Å². The molecule has 0 unspecified atom stereocenters. The van der Waals surface area contributed by atoms with E-state index in [-0.39, 0.29) is 16.8 Å². The summed E-state index contributed by atoms with van der Waals surface area (Å²) in [7, 11) is 0. The highest BCUT2D eigenvalue weighted by Gasteiger charge is 2.17. The maximum absolute atomic E-state index is 12.5. The zero-order chi connectivity index (χ0) is 19.7. The van der Waals surface area contributed by atoms with Gasteiger partial charge in [-0.15, -0.1) is 0 Å². The molecular weight excluding hydrogens is 360 g/mol. The Labute approximate surface area is 162 Å². The number of carbonyl (C=O) groups excluding carboxylic acids is 1. The average Bonchev–Trinajstić information content (AvgIpc) is 2.93. The summed E-state index contributed by atoms with van der Waals surface area (Å²) in [5, 5.41) is 2.88. The average molecular weight is 385 g/mol. The Hall–Kier alpha value is -2.60. The molecule has 0 aliphatic carbocycles. The van der Waals surface area contributed by atoms with E-state index in [4.69, 9.17) is 4.74 Å². The van der Waals surface area contributed by atoms with Gasteiger partial charge < -0.3 is 10.1 Å². The molecule has 1 amide bonds. The van der Waals surface area contributed by atoms with Crippen molar-refractivity contribution in [3.63, 3.8) is 0 Å². The van der Waals surface area contributed by atoms with Gasteiger partial charge in [0.15, 0.2) is 6.10 Å². The van der Waals surface area contributed by atoms with Crippen molar-refractivity contribution in [1.82, 2.24) is 4.57 Å². The predicted octanol–water partition coefficient (Wildman–Crippen LogP) is 4.67. The van der Waals surface area contributed by atoms with Gasteiger partial charge in [-0.2, -0.15) is 0 Å². The summed E-state index contributed by atoms with van der Waals surface area (Å²) >= 11 is 1.19. The molecule has 1 atom stereocenters. The van der Waals surface area contributed by atoms with Crippen LogP contribution in [-0.4, -0.2) is 16.6 Å². The molecule has 0 aliphatic heterocycles. The summed E-state index contributed by atoms with van der Waals surface area (Å²) in [5.41, 5.74) is 3.61. The lowest BCUT2D eigenvalue weighted by Gasteiger charge is -2.17. The van der Waals surface area contributed by atoms with E-state index in [9.17, 15) is 9.59 Å². The highest BCUT2D eigenvalue weighted by Crippen LogP contribution is 2.25. The molecule has 0 radical (unpaired) electrons. The Morgan fingerprint density at radius 2 is 1.85 bits per heavy atom. The van der Waals surface area contributed by atoms with Gasteiger partial charge in [-0.1, -0.05) is 23.5 Å². The number of hydrogen-bond acceptors (Lipinski definition) is 4. The van der Waals surface area contributed by atoms with Crippen LogP contribution in [0, 0.1) is 13.8 Å². The van der Waals surface area contributed by atoms with Crippen molar-refractivity contribution in [2.24, 2.45) is 0 Å². The first kappa shape index (κ1) is 19.2. The van der Waals surface area contributed by atoms with Gasteiger partial charge in [0.2, 0.25) is 0 Å². The molecule has 1 aromatic heterocycles. The minimum absolute atomic E-state index is 0.00935. The second-order valence-electron chi connectivity index (χ2n) is 7.03. The predicted molar refractivity (Wildman–Crippen MR) is 111 cm³/mol. The molecule has 0 spiro atoms. The van der Waals surface area contributed by atoms with Gasteiger partial charge in [-0.3, -0.25) is 14.2 Å². The summed E-state index contributed by atoms with van der Waals surface area (Å²) in [6.45, 7) is 9.63. The molecule has 0 fully saturated rings. The number of fused-ring (bicyclic) bond motifs is 1. The first-order valence-corrected chi connectivity index (χ1v) is 9.78. The number of rotatable bonds is 5. The molecule has 0 aliphatic rings. The fraction of sp³-hybridized carbons (Fsp3) is 0.333. The van der Waals surface area contributed by atoms with E-state index in [1.54, 1.807) is 11.5 Å². The van der Waals surface area contributed by atoms with E-state index in [1.807, 2.05) is 64.1 Å².